The molecule has 1 amide bonds. The quantitative estimate of drug-likeness (QED) is 0.458. The molecule has 4 aromatic rings. The van der Waals surface area contributed by atoms with Crippen LogP contribution in [0.25, 0.3) is 22.6 Å². The third kappa shape index (κ3) is 4.47. The number of benzene rings is 3. The maximum Gasteiger partial charge on any atom is 0.257 e. The molecule has 1 aromatic heterocycles. The summed E-state index contributed by atoms with van der Waals surface area (Å²) in [4.78, 5) is 16.9. The molecule has 0 unspecified atom stereocenters. The Balaban J connectivity index is 1.70. The van der Waals surface area contributed by atoms with Crippen molar-refractivity contribution in [1.29, 1.82) is 5.26 Å². The molecule has 33 heavy (non-hydrogen) atoms. The summed E-state index contributed by atoms with van der Waals surface area (Å²) in [6.07, 6.45) is 1.84. The van der Waals surface area contributed by atoms with Crippen molar-refractivity contribution < 1.29 is 22.0 Å². The first-order chi connectivity index (χ1) is 15.7. The van der Waals surface area contributed by atoms with Crippen LogP contribution in [0.5, 0.6) is 0 Å². The molecule has 1 heterocycles. The molecule has 166 valence electrons. The largest absolute Gasteiger partial charge is 0.433 e. The highest BCUT2D eigenvalue weighted by Crippen LogP contribution is 2.29. The van der Waals surface area contributed by atoms with Crippen LogP contribution in [0.3, 0.4) is 0 Å². The van der Waals surface area contributed by atoms with Crippen molar-refractivity contribution in [1.82, 2.24) is 4.98 Å². The number of carbonyl (C=O) groups excluding carboxylic acids is 1. The van der Waals surface area contributed by atoms with Crippen LogP contribution in [-0.2, 0) is 16.3 Å². The zero-order chi connectivity index (χ0) is 23.8. The van der Waals surface area contributed by atoms with Gasteiger partial charge in [-0.15, -0.1) is 0 Å². The van der Waals surface area contributed by atoms with Gasteiger partial charge in [-0.3, -0.25) is 4.79 Å². The summed E-state index contributed by atoms with van der Waals surface area (Å²) in [7, 11) is -3.74. The summed E-state index contributed by atoms with van der Waals surface area (Å²) in [6, 6.07) is 15.6. The molecule has 4 rings (SSSR count). The van der Waals surface area contributed by atoms with Crippen molar-refractivity contribution in [2.24, 2.45) is 0 Å². The molecule has 0 bridgehead atoms. The number of fused-ring (bicyclic) bond motifs is 1. The molecule has 9 heteroatoms. The number of anilines is 1. The van der Waals surface area contributed by atoms with Gasteiger partial charge in [0.2, 0.25) is 5.89 Å². The van der Waals surface area contributed by atoms with E-state index in [1.165, 1.54) is 24.3 Å². The minimum Gasteiger partial charge on any atom is -0.433 e. The van der Waals surface area contributed by atoms with E-state index < -0.39 is 21.6 Å². The number of aromatic nitrogens is 1. The van der Waals surface area contributed by atoms with Crippen LogP contribution in [0.15, 0.2) is 63.9 Å². The van der Waals surface area contributed by atoms with Crippen molar-refractivity contribution in [2.75, 3.05) is 11.6 Å². The molecular weight excluding hydrogens is 445 g/mol. The monoisotopic (exact) mass is 463 g/mol. The minimum atomic E-state index is -3.74. The third-order valence-corrected chi connectivity index (χ3v) is 6.22. The Morgan fingerprint density at radius 3 is 2.52 bits per heavy atom. The number of nitriles is 1. The summed E-state index contributed by atoms with van der Waals surface area (Å²) in [5.74, 6) is -1.30. The zero-order valence-electron chi connectivity index (χ0n) is 17.7. The molecule has 0 atom stereocenters. The molecule has 0 spiro atoms. The Hall–Kier alpha value is -4.03. The summed E-state index contributed by atoms with van der Waals surface area (Å²) >= 11 is 0. The lowest BCUT2D eigenvalue weighted by Crippen LogP contribution is -2.16. The van der Waals surface area contributed by atoms with E-state index in [0.29, 0.717) is 5.56 Å². The normalized spacial score (nSPS) is 11.3. The molecule has 0 saturated heterocycles. The highest BCUT2D eigenvalue weighted by atomic mass is 32.2. The number of rotatable bonds is 5. The van der Waals surface area contributed by atoms with Gasteiger partial charge in [-0.05, 0) is 48.4 Å². The van der Waals surface area contributed by atoms with Gasteiger partial charge in [0.25, 0.3) is 5.91 Å². The molecule has 0 aliphatic rings. The highest BCUT2D eigenvalue weighted by molar-refractivity contribution is 7.90. The number of hydrogen-bond donors (Lipinski definition) is 1. The van der Waals surface area contributed by atoms with Gasteiger partial charge in [0.1, 0.15) is 5.52 Å². The molecule has 0 fully saturated rings. The second-order valence-electron chi connectivity index (χ2n) is 7.42. The number of amides is 1. The maximum atomic E-state index is 14.7. The summed E-state index contributed by atoms with van der Waals surface area (Å²) in [6.45, 7) is 2.04. The van der Waals surface area contributed by atoms with Gasteiger partial charge in [0, 0.05) is 23.6 Å². The summed E-state index contributed by atoms with van der Waals surface area (Å²) in [5, 5.41) is 11.6. The molecular formula is C24H18FN3O4S. The van der Waals surface area contributed by atoms with E-state index in [0.717, 1.165) is 24.3 Å². The van der Waals surface area contributed by atoms with Gasteiger partial charge < -0.3 is 9.73 Å². The van der Waals surface area contributed by atoms with Crippen molar-refractivity contribution in [3.05, 3.63) is 77.1 Å². The molecule has 7 nitrogen and oxygen atoms in total. The first-order valence-corrected chi connectivity index (χ1v) is 11.8. The molecule has 0 aliphatic heterocycles. The number of carbonyl (C=O) groups is 1. The molecule has 0 saturated carbocycles. The number of sulfone groups is 1. The van der Waals surface area contributed by atoms with E-state index in [1.807, 2.05) is 37.3 Å². The predicted octanol–water partition coefficient (Wildman–Crippen LogP) is 4.72. The topological polar surface area (TPSA) is 113 Å². The lowest BCUT2D eigenvalue weighted by molar-refractivity contribution is 0.102. The van der Waals surface area contributed by atoms with Gasteiger partial charge in [-0.25, -0.2) is 17.8 Å². The number of hydrogen-bond acceptors (Lipinski definition) is 6. The van der Waals surface area contributed by atoms with E-state index in [-0.39, 0.29) is 38.7 Å². The Morgan fingerprint density at radius 1 is 1.15 bits per heavy atom. The predicted molar refractivity (Wildman–Crippen MR) is 121 cm³/mol. The van der Waals surface area contributed by atoms with Gasteiger partial charge in [0.05, 0.1) is 22.1 Å². The molecule has 0 aliphatic carbocycles. The second-order valence-corrected chi connectivity index (χ2v) is 9.41. The molecule has 0 radical (unpaired) electrons. The number of nitrogens with zero attached hydrogens (tertiary/aromatic N) is 2. The van der Waals surface area contributed by atoms with Gasteiger partial charge in [-0.1, -0.05) is 19.1 Å². The fourth-order valence-electron chi connectivity index (χ4n) is 3.37. The Bertz CT molecular complexity index is 1530. The van der Waals surface area contributed by atoms with Gasteiger partial charge in [-0.2, -0.15) is 5.26 Å². The smallest absolute Gasteiger partial charge is 0.257 e. The number of nitrogens with one attached hydrogen (secondary N) is 1. The fourth-order valence-corrected chi connectivity index (χ4v) is 4.24. The summed E-state index contributed by atoms with van der Waals surface area (Å²) < 4.78 is 44.4. The number of aryl methyl sites for hydroxylation is 1. The van der Waals surface area contributed by atoms with E-state index in [4.69, 9.17) is 9.68 Å². The van der Waals surface area contributed by atoms with Crippen molar-refractivity contribution in [3.8, 4) is 17.5 Å². The fraction of sp³-hybridized carbons (Fsp3) is 0.125. The van der Waals surface area contributed by atoms with Crippen LogP contribution in [0, 0.1) is 17.1 Å². The Morgan fingerprint density at radius 2 is 1.88 bits per heavy atom. The summed E-state index contributed by atoms with van der Waals surface area (Å²) in [5.41, 5.74) is 1.91. The SMILES string of the molecule is CCc1ccc(-c2nc3cc(NC(=O)c4cc(C#N)ccc4S(C)(=O)=O)cc(F)c3o2)cc1. The van der Waals surface area contributed by atoms with Crippen molar-refractivity contribution in [3.63, 3.8) is 0 Å². The number of halogens is 1. The number of oxazole rings is 1. The molecule has 1 N–H and O–H groups in total. The Kier molecular flexibility index (Phi) is 5.70. The van der Waals surface area contributed by atoms with Crippen molar-refractivity contribution >= 4 is 32.5 Å². The minimum absolute atomic E-state index is 0.0630. The van der Waals surface area contributed by atoms with E-state index in [2.05, 4.69) is 10.3 Å². The van der Waals surface area contributed by atoms with E-state index >= 15 is 0 Å². The van der Waals surface area contributed by atoms with Crippen LogP contribution in [-0.4, -0.2) is 25.6 Å². The highest BCUT2D eigenvalue weighted by Gasteiger charge is 2.21. The van der Waals surface area contributed by atoms with E-state index in [1.54, 1.807) is 0 Å². The van der Waals surface area contributed by atoms with Gasteiger partial charge >= 0.3 is 0 Å². The third-order valence-electron chi connectivity index (χ3n) is 5.06. The lowest BCUT2D eigenvalue weighted by Gasteiger charge is -2.10. The van der Waals surface area contributed by atoms with Crippen LogP contribution in [0.4, 0.5) is 10.1 Å². The van der Waals surface area contributed by atoms with Crippen LogP contribution >= 0.6 is 0 Å². The second kappa shape index (κ2) is 8.48. The average molecular weight is 463 g/mol. The Labute approximate surface area is 189 Å². The average Bonchev–Trinajstić information content (AvgIpc) is 3.23. The lowest BCUT2D eigenvalue weighted by atomic mass is 10.1. The van der Waals surface area contributed by atoms with Crippen LogP contribution < -0.4 is 5.32 Å². The first-order valence-electron chi connectivity index (χ1n) is 9.94. The van der Waals surface area contributed by atoms with Crippen molar-refractivity contribution in [2.45, 2.75) is 18.2 Å². The van der Waals surface area contributed by atoms with Crippen LogP contribution in [0.1, 0.15) is 28.4 Å². The standard InChI is InChI=1S/C24H18FN3O4S/c1-3-14-4-7-16(8-5-14)24-28-20-12-17(11-19(25)22(20)32-24)27-23(29)18-10-15(13-26)6-9-21(18)33(2,30)31/h4-12H,3H2,1-2H3,(H,27,29). The zero-order valence-corrected chi connectivity index (χ0v) is 18.5. The first kappa shape index (κ1) is 22.2. The molecule has 3 aromatic carbocycles. The van der Waals surface area contributed by atoms with E-state index in [9.17, 15) is 17.6 Å². The maximum absolute atomic E-state index is 14.7. The van der Waals surface area contributed by atoms with Crippen LogP contribution in [0.2, 0.25) is 0 Å². The van der Waals surface area contributed by atoms with Gasteiger partial charge in [0.15, 0.2) is 21.2 Å².